The van der Waals surface area contributed by atoms with Gasteiger partial charge in [0.2, 0.25) is 0 Å². The maximum Gasteiger partial charge on any atom is 0.394 e. The molecule has 1 heterocycles. The van der Waals surface area contributed by atoms with E-state index in [-0.39, 0.29) is 6.54 Å². The van der Waals surface area contributed by atoms with Crippen molar-refractivity contribution in [3.05, 3.63) is 23.3 Å². The minimum Gasteiger partial charge on any atom is -0.486 e. The van der Waals surface area contributed by atoms with Crippen LogP contribution in [0.15, 0.2) is 12.1 Å². The molecule has 6 nitrogen and oxygen atoms in total. The Morgan fingerprint density at radius 1 is 1.28 bits per heavy atom. The zero-order chi connectivity index (χ0) is 13.1. The van der Waals surface area contributed by atoms with Crippen LogP contribution in [0.5, 0.6) is 11.5 Å². The normalized spacial score (nSPS) is 12.9. The topological polar surface area (TPSA) is 84.9 Å². The molecule has 0 spiro atoms. The van der Waals surface area contributed by atoms with Crippen LogP contribution in [0.2, 0.25) is 0 Å². The highest BCUT2D eigenvalue weighted by Crippen LogP contribution is 2.32. The highest BCUT2D eigenvalue weighted by Gasteiger charge is 2.15. The van der Waals surface area contributed by atoms with E-state index >= 15 is 0 Å². The lowest BCUT2D eigenvalue weighted by atomic mass is 10.1. The average Bonchev–Trinajstić information content (AvgIpc) is 2.35. The van der Waals surface area contributed by atoms with E-state index in [2.05, 4.69) is 5.32 Å². The molecule has 96 valence electrons. The van der Waals surface area contributed by atoms with E-state index in [1.165, 1.54) is 0 Å². The Morgan fingerprint density at radius 3 is 2.50 bits per heavy atom. The predicted molar refractivity (Wildman–Crippen MR) is 61.7 cm³/mol. The summed E-state index contributed by atoms with van der Waals surface area (Å²) >= 11 is 0. The molecule has 2 N–H and O–H groups in total. The number of hydrogen-bond donors (Lipinski definition) is 2. The van der Waals surface area contributed by atoms with Gasteiger partial charge in [-0.15, -0.1) is 0 Å². The zero-order valence-electron chi connectivity index (χ0n) is 9.86. The number of aryl methyl sites for hydroxylation is 1. The largest absolute Gasteiger partial charge is 0.486 e. The van der Waals surface area contributed by atoms with Crippen LogP contribution in [0.25, 0.3) is 0 Å². The fourth-order valence-electron chi connectivity index (χ4n) is 1.67. The van der Waals surface area contributed by atoms with Gasteiger partial charge in [0.15, 0.2) is 11.5 Å². The van der Waals surface area contributed by atoms with Gasteiger partial charge >= 0.3 is 11.9 Å². The van der Waals surface area contributed by atoms with Crippen LogP contribution < -0.4 is 14.8 Å². The van der Waals surface area contributed by atoms with Crippen LogP contribution in [0.4, 0.5) is 0 Å². The van der Waals surface area contributed by atoms with Gasteiger partial charge in [-0.3, -0.25) is 4.79 Å². The molecule has 0 unspecified atom stereocenters. The van der Waals surface area contributed by atoms with E-state index in [0.29, 0.717) is 24.7 Å². The van der Waals surface area contributed by atoms with Gasteiger partial charge in [0, 0.05) is 6.54 Å². The van der Waals surface area contributed by atoms with E-state index < -0.39 is 11.9 Å². The van der Waals surface area contributed by atoms with Crippen molar-refractivity contribution in [3.63, 3.8) is 0 Å². The number of benzene rings is 1. The summed E-state index contributed by atoms with van der Waals surface area (Å²) < 4.78 is 10.8. The lowest BCUT2D eigenvalue weighted by Gasteiger charge is -2.20. The lowest BCUT2D eigenvalue weighted by molar-refractivity contribution is -0.150. The third-order valence-corrected chi connectivity index (χ3v) is 2.63. The maximum absolute atomic E-state index is 10.9. The van der Waals surface area contributed by atoms with Gasteiger partial charge < -0.3 is 19.9 Å². The Hall–Kier alpha value is -2.24. The molecule has 1 aromatic rings. The third-order valence-electron chi connectivity index (χ3n) is 2.63. The van der Waals surface area contributed by atoms with E-state index in [1.54, 1.807) is 6.07 Å². The summed E-state index contributed by atoms with van der Waals surface area (Å²) in [4.78, 5) is 21.3. The number of carbonyl (C=O) groups is 2. The first kappa shape index (κ1) is 12.2. The number of hydrogen-bond acceptors (Lipinski definition) is 4. The minimum atomic E-state index is -1.50. The van der Waals surface area contributed by atoms with Crippen LogP contribution in [-0.4, -0.2) is 30.2 Å². The first-order valence-corrected chi connectivity index (χ1v) is 5.48. The number of carboxylic acid groups (broad SMARTS) is 1. The molecular formula is C12H13NO5. The molecule has 1 aliphatic rings. The number of rotatable bonds is 2. The predicted octanol–water partition coefficient (Wildman–Crippen LogP) is 0.467. The molecule has 0 saturated carbocycles. The van der Waals surface area contributed by atoms with Crippen LogP contribution >= 0.6 is 0 Å². The first-order valence-electron chi connectivity index (χ1n) is 5.48. The second kappa shape index (κ2) is 4.95. The van der Waals surface area contributed by atoms with Crippen molar-refractivity contribution in [2.24, 2.45) is 0 Å². The van der Waals surface area contributed by atoms with Gasteiger partial charge in [-0.25, -0.2) is 4.79 Å². The van der Waals surface area contributed by atoms with E-state index in [9.17, 15) is 9.59 Å². The van der Waals surface area contributed by atoms with Gasteiger partial charge in [-0.1, -0.05) is 0 Å². The summed E-state index contributed by atoms with van der Waals surface area (Å²) in [7, 11) is 0. The molecule has 0 aromatic heterocycles. The molecule has 0 fully saturated rings. The number of carbonyl (C=O) groups excluding carboxylic acids is 1. The summed E-state index contributed by atoms with van der Waals surface area (Å²) in [6.45, 7) is 3.01. The minimum absolute atomic E-state index is 0.146. The number of nitrogens with one attached hydrogen (secondary N) is 1. The van der Waals surface area contributed by atoms with Gasteiger partial charge in [0.1, 0.15) is 13.2 Å². The van der Waals surface area contributed by atoms with E-state index in [4.69, 9.17) is 14.6 Å². The average molecular weight is 251 g/mol. The highest BCUT2D eigenvalue weighted by molar-refractivity contribution is 6.31. The Labute approximate surface area is 104 Å². The monoisotopic (exact) mass is 251 g/mol. The van der Waals surface area contributed by atoms with E-state index in [0.717, 1.165) is 11.1 Å². The number of amides is 1. The molecule has 18 heavy (non-hydrogen) atoms. The molecular weight excluding hydrogens is 238 g/mol. The first-order chi connectivity index (χ1) is 8.58. The molecule has 0 aliphatic carbocycles. The lowest BCUT2D eigenvalue weighted by Crippen LogP contribution is -2.30. The molecule has 1 amide bonds. The van der Waals surface area contributed by atoms with Gasteiger partial charge in [0.05, 0.1) is 0 Å². The van der Waals surface area contributed by atoms with Crippen LogP contribution in [0.1, 0.15) is 11.1 Å². The summed E-state index contributed by atoms with van der Waals surface area (Å²) in [5.41, 5.74) is 1.71. The Kier molecular flexibility index (Phi) is 3.36. The molecule has 1 aromatic carbocycles. The van der Waals surface area contributed by atoms with Crippen molar-refractivity contribution < 1.29 is 24.2 Å². The smallest absolute Gasteiger partial charge is 0.394 e. The van der Waals surface area contributed by atoms with Crippen molar-refractivity contribution >= 4 is 11.9 Å². The Bertz CT molecular complexity index is 497. The van der Waals surface area contributed by atoms with Gasteiger partial charge in [-0.2, -0.15) is 0 Å². The van der Waals surface area contributed by atoms with Crippen LogP contribution in [-0.2, 0) is 16.1 Å². The number of aliphatic carboxylic acids is 1. The molecule has 1 aliphatic heterocycles. The van der Waals surface area contributed by atoms with Crippen molar-refractivity contribution in [2.75, 3.05) is 13.2 Å². The van der Waals surface area contributed by atoms with Crippen molar-refractivity contribution in [3.8, 4) is 11.5 Å². The van der Waals surface area contributed by atoms with Gasteiger partial charge in [-0.05, 0) is 30.2 Å². The number of ether oxygens (including phenoxy) is 2. The standard InChI is InChI=1S/C12H13NO5/c1-7-4-9-10(18-3-2-17-9)5-8(7)6-13-11(14)12(15)16/h4-5H,2-3,6H2,1H3,(H,13,14)(H,15,16). The maximum atomic E-state index is 10.9. The third kappa shape index (κ3) is 2.53. The van der Waals surface area contributed by atoms with E-state index in [1.807, 2.05) is 13.0 Å². The summed E-state index contributed by atoms with van der Waals surface area (Å²) in [5.74, 6) is -1.23. The van der Waals surface area contributed by atoms with Crippen LogP contribution in [0.3, 0.4) is 0 Å². The molecule has 6 heteroatoms. The van der Waals surface area contributed by atoms with Crippen LogP contribution in [0, 0.1) is 6.92 Å². The fourth-order valence-corrected chi connectivity index (χ4v) is 1.67. The molecule has 0 radical (unpaired) electrons. The second-order valence-electron chi connectivity index (χ2n) is 3.91. The fraction of sp³-hybridized carbons (Fsp3) is 0.333. The summed E-state index contributed by atoms with van der Waals surface area (Å²) in [6.07, 6.45) is 0. The number of fused-ring (bicyclic) bond motifs is 1. The van der Waals surface area contributed by atoms with Crippen molar-refractivity contribution in [2.45, 2.75) is 13.5 Å². The molecule has 0 saturated heterocycles. The second-order valence-corrected chi connectivity index (χ2v) is 3.91. The zero-order valence-corrected chi connectivity index (χ0v) is 9.86. The Balaban J connectivity index is 2.13. The van der Waals surface area contributed by atoms with Crippen molar-refractivity contribution in [1.29, 1.82) is 0 Å². The highest BCUT2D eigenvalue weighted by atomic mass is 16.6. The number of carboxylic acids is 1. The Morgan fingerprint density at radius 2 is 1.89 bits per heavy atom. The summed E-state index contributed by atoms with van der Waals surface area (Å²) in [6, 6.07) is 3.57. The summed E-state index contributed by atoms with van der Waals surface area (Å²) in [5, 5.41) is 10.8. The van der Waals surface area contributed by atoms with Crippen molar-refractivity contribution in [1.82, 2.24) is 5.32 Å². The quantitative estimate of drug-likeness (QED) is 0.746. The van der Waals surface area contributed by atoms with Gasteiger partial charge in [0.25, 0.3) is 0 Å². The molecule has 2 rings (SSSR count). The molecule has 0 bridgehead atoms. The SMILES string of the molecule is Cc1cc2c(cc1CNC(=O)C(=O)O)OCCO2. The molecule has 0 atom stereocenters.